The van der Waals surface area contributed by atoms with E-state index in [0.717, 1.165) is 13.0 Å². The van der Waals surface area contributed by atoms with Crippen LogP contribution < -0.4 is 10.6 Å². The molecule has 0 spiro atoms. The van der Waals surface area contributed by atoms with Gasteiger partial charge in [-0.2, -0.15) is 0 Å². The van der Waals surface area contributed by atoms with Gasteiger partial charge in [-0.25, -0.2) is 0 Å². The van der Waals surface area contributed by atoms with Crippen molar-refractivity contribution in [2.24, 2.45) is 5.73 Å². The van der Waals surface area contributed by atoms with E-state index in [-0.39, 0.29) is 6.04 Å². The molecule has 1 aliphatic heterocycles. The van der Waals surface area contributed by atoms with Gasteiger partial charge in [0.05, 0.1) is 0 Å². The highest BCUT2D eigenvalue weighted by Gasteiger charge is 2.31. The Kier molecular flexibility index (Phi) is 3.79. The Balaban J connectivity index is 2.38. The fraction of sp³-hybridized carbons (Fsp3) is 0.571. The number of rotatable bonds is 3. The minimum Gasteiger partial charge on any atom is -0.368 e. The lowest BCUT2D eigenvalue weighted by Crippen LogP contribution is -2.30. The van der Waals surface area contributed by atoms with Crippen molar-refractivity contribution in [1.29, 1.82) is 0 Å². The van der Waals surface area contributed by atoms with Crippen LogP contribution in [0.2, 0.25) is 0 Å². The zero-order valence-electron chi connectivity index (χ0n) is 10.8. The highest BCUT2D eigenvalue weighted by Crippen LogP contribution is 2.43. The van der Waals surface area contributed by atoms with Crippen LogP contribution in [0.25, 0.3) is 0 Å². The third-order valence-electron chi connectivity index (χ3n) is 3.44. The molecule has 2 atom stereocenters. The summed E-state index contributed by atoms with van der Waals surface area (Å²) in [5.41, 5.74) is 8.79. The van der Waals surface area contributed by atoms with Gasteiger partial charge < -0.3 is 10.6 Å². The highest BCUT2D eigenvalue weighted by atomic mass is 79.9. The molecule has 0 bridgehead atoms. The number of hydrogen-bond donors (Lipinski definition) is 1. The van der Waals surface area contributed by atoms with Crippen molar-refractivity contribution in [2.45, 2.75) is 45.2 Å². The Morgan fingerprint density at radius 2 is 2.12 bits per heavy atom. The van der Waals surface area contributed by atoms with Crippen LogP contribution in [0.4, 0.5) is 5.69 Å². The standard InChI is InChI=1S/C14H21BrN2/c1-9(2)17-8-11(7-10(3)16)14-12(15)5-4-6-13(14)17/h4-6,9-11H,7-8,16H2,1-3H3. The van der Waals surface area contributed by atoms with E-state index >= 15 is 0 Å². The molecule has 17 heavy (non-hydrogen) atoms. The maximum atomic E-state index is 5.97. The lowest BCUT2D eigenvalue weighted by Gasteiger charge is -2.24. The second-order valence-corrected chi connectivity index (χ2v) is 6.18. The average Bonchev–Trinajstić information content (AvgIpc) is 2.57. The average molecular weight is 297 g/mol. The van der Waals surface area contributed by atoms with E-state index in [9.17, 15) is 0 Å². The van der Waals surface area contributed by atoms with E-state index in [1.165, 1.54) is 15.7 Å². The van der Waals surface area contributed by atoms with Gasteiger partial charge in [0.1, 0.15) is 0 Å². The summed E-state index contributed by atoms with van der Waals surface area (Å²) in [7, 11) is 0. The molecule has 2 unspecified atom stereocenters. The molecule has 0 saturated heterocycles. The molecule has 0 saturated carbocycles. The number of hydrogen-bond acceptors (Lipinski definition) is 2. The highest BCUT2D eigenvalue weighted by molar-refractivity contribution is 9.10. The van der Waals surface area contributed by atoms with Gasteiger partial charge in [0.15, 0.2) is 0 Å². The third-order valence-corrected chi connectivity index (χ3v) is 4.14. The van der Waals surface area contributed by atoms with E-state index in [1.54, 1.807) is 0 Å². The lowest BCUT2D eigenvalue weighted by molar-refractivity contribution is 0.552. The number of nitrogens with zero attached hydrogens (tertiary/aromatic N) is 1. The van der Waals surface area contributed by atoms with Crippen molar-refractivity contribution in [3.8, 4) is 0 Å². The van der Waals surface area contributed by atoms with Crippen LogP contribution in [0.1, 0.15) is 38.7 Å². The first-order valence-electron chi connectivity index (χ1n) is 6.31. The van der Waals surface area contributed by atoms with Gasteiger partial charge in [-0.3, -0.25) is 0 Å². The van der Waals surface area contributed by atoms with E-state index in [2.05, 4.69) is 59.8 Å². The smallest absolute Gasteiger partial charge is 0.0416 e. The molecule has 1 aromatic rings. The first-order valence-corrected chi connectivity index (χ1v) is 7.10. The molecule has 1 heterocycles. The SMILES string of the molecule is CC(N)CC1CN(C(C)C)c2cccc(Br)c21. The Bertz CT molecular complexity index is 401. The normalized spacial score (nSPS) is 20.8. The molecule has 2 N–H and O–H groups in total. The number of halogens is 1. The number of nitrogens with two attached hydrogens (primary N) is 1. The topological polar surface area (TPSA) is 29.3 Å². The zero-order valence-corrected chi connectivity index (χ0v) is 12.4. The molecule has 3 heteroatoms. The lowest BCUT2D eigenvalue weighted by atomic mass is 9.95. The first kappa shape index (κ1) is 12.9. The van der Waals surface area contributed by atoms with Crippen molar-refractivity contribution < 1.29 is 0 Å². The van der Waals surface area contributed by atoms with Crippen LogP contribution in [0.15, 0.2) is 22.7 Å². The molecule has 1 aromatic carbocycles. The number of fused-ring (bicyclic) bond motifs is 1. The number of benzene rings is 1. The summed E-state index contributed by atoms with van der Waals surface area (Å²) < 4.78 is 1.23. The predicted molar refractivity (Wildman–Crippen MR) is 77.6 cm³/mol. The summed E-state index contributed by atoms with van der Waals surface area (Å²) in [5.74, 6) is 0.558. The van der Waals surface area contributed by atoms with Gasteiger partial charge in [0.2, 0.25) is 0 Å². The molecule has 2 nitrogen and oxygen atoms in total. The van der Waals surface area contributed by atoms with Gasteiger partial charge in [-0.1, -0.05) is 22.0 Å². The van der Waals surface area contributed by atoms with E-state index in [0.29, 0.717) is 12.0 Å². The maximum absolute atomic E-state index is 5.97. The molecular formula is C14H21BrN2. The summed E-state index contributed by atoms with van der Waals surface area (Å²) in [6, 6.07) is 7.28. The molecule has 0 radical (unpaired) electrons. The second-order valence-electron chi connectivity index (χ2n) is 5.33. The molecule has 0 aliphatic carbocycles. The first-order chi connectivity index (χ1) is 8.00. The second kappa shape index (κ2) is 4.99. The van der Waals surface area contributed by atoms with Crippen LogP contribution in [0, 0.1) is 0 Å². The summed E-state index contributed by atoms with van der Waals surface area (Å²) in [5, 5.41) is 0. The fourth-order valence-corrected chi connectivity index (χ4v) is 3.42. The minimum atomic E-state index is 0.257. The van der Waals surface area contributed by atoms with Gasteiger partial charge in [0, 0.05) is 34.7 Å². The maximum Gasteiger partial charge on any atom is 0.0416 e. The third kappa shape index (κ3) is 2.50. The van der Waals surface area contributed by atoms with Crippen molar-refractivity contribution in [3.63, 3.8) is 0 Å². The van der Waals surface area contributed by atoms with Gasteiger partial charge in [-0.05, 0) is 44.9 Å². The van der Waals surface area contributed by atoms with E-state index < -0.39 is 0 Å². The molecule has 1 aliphatic rings. The van der Waals surface area contributed by atoms with E-state index in [4.69, 9.17) is 5.73 Å². The summed E-state index contributed by atoms with van der Waals surface area (Å²) >= 11 is 3.69. The summed E-state index contributed by atoms with van der Waals surface area (Å²) in [6.07, 6.45) is 1.05. The quantitative estimate of drug-likeness (QED) is 0.925. The molecular weight excluding hydrogens is 276 g/mol. The predicted octanol–water partition coefficient (Wildman–Crippen LogP) is 3.50. The van der Waals surface area contributed by atoms with Crippen molar-refractivity contribution in [2.75, 3.05) is 11.4 Å². The van der Waals surface area contributed by atoms with Crippen LogP contribution in [-0.2, 0) is 0 Å². The van der Waals surface area contributed by atoms with Crippen molar-refractivity contribution in [1.82, 2.24) is 0 Å². The molecule has 2 rings (SSSR count). The largest absolute Gasteiger partial charge is 0.368 e. The minimum absolute atomic E-state index is 0.257. The summed E-state index contributed by atoms with van der Waals surface area (Å²) in [6.45, 7) is 7.68. The Hall–Kier alpha value is -0.540. The van der Waals surface area contributed by atoms with Crippen LogP contribution in [-0.4, -0.2) is 18.6 Å². The molecule has 0 aromatic heterocycles. The summed E-state index contributed by atoms with van der Waals surface area (Å²) in [4.78, 5) is 2.48. The number of anilines is 1. The zero-order chi connectivity index (χ0) is 12.6. The van der Waals surface area contributed by atoms with Gasteiger partial charge in [-0.15, -0.1) is 0 Å². The van der Waals surface area contributed by atoms with Crippen LogP contribution in [0.5, 0.6) is 0 Å². The van der Waals surface area contributed by atoms with Crippen LogP contribution in [0.3, 0.4) is 0 Å². The molecule has 0 amide bonds. The fourth-order valence-electron chi connectivity index (χ4n) is 2.74. The Labute approximate surface area is 112 Å². The van der Waals surface area contributed by atoms with Gasteiger partial charge >= 0.3 is 0 Å². The monoisotopic (exact) mass is 296 g/mol. The Morgan fingerprint density at radius 3 is 2.71 bits per heavy atom. The molecule has 94 valence electrons. The van der Waals surface area contributed by atoms with Crippen molar-refractivity contribution >= 4 is 21.6 Å². The van der Waals surface area contributed by atoms with Crippen molar-refractivity contribution in [3.05, 3.63) is 28.2 Å². The van der Waals surface area contributed by atoms with E-state index in [1.807, 2.05) is 0 Å². The van der Waals surface area contributed by atoms with Gasteiger partial charge in [0.25, 0.3) is 0 Å². The van der Waals surface area contributed by atoms with Crippen LogP contribution >= 0.6 is 15.9 Å². The Morgan fingerprint density at radius 1 is 1.41 bits per heavy atom. The molecule has 0 fully saturated rings.